The third-order valence-corrected chi connectivity index (χ3v) is 3.74. The van der Waals surface area contributed by atoms with Crippen LogP contribution in [0.25, 0.3) is 22.0 Å². The monoisotopic (exact) mass is 312 g/mol. The number of nitrogens with one attached hydrogen (secondary N) is 1. The Morgan fingerprint density at radius 3 is 2.68 bits per heavy atom. The van der Waals surface area contributed by atoms with Crippen LogP contribution >= 0.6 is 15.9 Å². The summed E-state index contributed by atoms with van der Waals surface area (Å²) in [6.45, 7) is 0. The lowest BCUT2D eigenvalue weighted by molar-refractivity contribution is 1.35. The molecule has 0 aliphatic rings. The van der Waals surface area contributed by atoms with Gasteiger partial charge in [0.2, 0.25) is 0 Å². The number of pyridine rings is 1. The lowest BCUT2D eigenvalue weighted by atomic mass is 10.0. The highest BCUT2D eigenvalue weighted by Crippen LogP contribution is 2.31. The molecule has 0 saturated heterocycles. The summed E-state index contributed by atoms with van der Waals surface area (Å²) in [4.78, 5) is 4.60. The van der Waals surface area contributed by atoms with E-state index in [1.54, 1.807) is 0 Å². The van der Waals surface area contributed by atoms with Crippen LogP contribution in [0.4, 0.5) is 5.69 Å². The number of rotatable bonds is 2. The zero-order chi connectivity index (χ0) is 13.2. The van der Waals surface area contributed by atoms with Crippen LogP contribution in [0.2, 0.25) is 0 Å². The number of fused-ring (bicyclic) bond motifs is 1. The van der Waals surface area contributed by atoms with Gasteiger partial charge in [-0.25, -0.2) is 4.98 Å². The van der Waals surface area contributed by atoms with E-state index in [-0.39, 0.29) is 0 Å². The fourth-order valence-electron chi connectivity index (χ4n) is 2.14. The Morgan fingerprint density at radius 2 is 1.84 bits per heavy atom. The lowest BCUT2D eigenvalue weighted by Crippen LogP contribution is -1.90. The van der Waals surface area contributed by atoms with Crippen molar-refractivity contribution in [1.82, 2.24) is 4.98 Å². The van der Waals surface area contributed by atoms with Gasteiger partial charge in [-0.15, -0.1) is 0 Å². The van der Waals surface area contributed by atoms with Crippen LogP contribution in [-0.4, -0.2) is 12.0 Å². The first kappa shape index (κ1) is 12.2. The third kappa shape index (κ3) is 2.34. The molecule has 94 valence electrons. The molecule has 0 bridgehead atoms. The lowest BCUT2D eigenvalue weighted by Gasteiger charge is -2.08. The molecule has 0 aliphatic carbocycles. The van der Waals surface area contributed by atoms with Crippen molar-refractivity contribution in [3.8, 4) is 11.1 Å². The molecule has 3 aromatic rings. The number of anilines is 1. The predicted molar refractivity (Wildman–Crippen MR) is 84.4 cm³/mol. The first-order valence-electron chi connectivity index (χ1n) is 6.11. The maximum atomic E-state index is 4.60. The Bertz CT molecular complexity index is 738. The Balaban J connectivity index is 2.20. The van der Waals surface area contributed by atoms with E-state index in [1.165, 1.54) is 0 Å². The summed E-state index contributed by atoms with van der Waals surface area (Å²) in [6, 6.07) is 18.6. The first-order chi connectivity index (χ1) is 9.28. The van der Waals surface area contributed by atoms with E-state index in [0.717, 1.165) is 32.3 Å². The predicted octanol–water partition coefficient (Wildman–Crippen LogP) is 4.71. The van der Waals surface area contributed by atoms with Gasteiger partial charge in [0, 0.05) is 23.7 Å². The van der Waals surface area contributed by atoms with Gasteiger partial charge in [0.1, 0.15) is 4.60 Å². The van der Waals surface area contributed by atoms with E-state index >= 15 is 0 Å². The number of benzene rings is 2. The molecular weight excluding hydrogens is 300 g/mol. The van der Waals surface area contributed by atoms with Crippen LogP contribution in [-0.2, 0) is 0 Å². The van der Waals surface area contributed by atoms with Gasteiger partial charge < -0.3 is 5.32 Å². The zero-order valence-electron chi connectivity index (χ0n) is 10.5. The summed E-state index contributed by atoms with van der Waals surface area (Å²) >= 11 is 3.57. The Kier molecular flexibility index (Phi) is 3.22. The van der Waals surface area contributed by atoms with Crippen molar-refractivity contribution in [2.24, 2.45) is 0 Å². The van der Waals surface area contributed by atoms with Gasteiger partial charge in [0.05, 0.1) is 5.52 Å². The molecule has 3 heteroatoms. The van der Waals surface area contributed by atoms with Crippen LogP contribution in [0.15, 0.2) is 59.2 Å². The third-order valence-electron chi connectivity index (χ3n) is 3.14. The standard InChI is InChI=1S/C16H13BrN2/c1-18-13-7-4-6-11(9-13)14-10-12-5-2-3-8-15(12)19-16(14)17/h2-10,18H,1H3. The molecule has 1 heterocycles. The highest BCUT2D eigenvalue weighted by Gasteiger charge is 2.07. The fraction of sp³-hybridized carbons (Fsp3) is 0.0625. The molecule has 2 nitrogen and oxygen atoms in total. The summed E-state index contributed by atoms with van der Waals surface area (Å²) in [5.74, 6) is 0. The van der Waals surface area contributed by atoms with E-state index in [0.29, 0.717) is 0 Å². The molecule has 3 rings (SSSR count). The number of para-hydroxylation sites is 1. The Hall–Kier alpha value is -1.87. The van der Waals surface area contributed by atoms with Crippen molar-refractivity contribution < 1.29 is 0 Å². The summed E-state index contributed by atoms with van der Waals surface area (Å²) < 4.78 is 0.874. The summed E-state index contributed by atoms with van der Waals surface area (Å²) in [5.41, 5.74) is 4.35. The van der Waals surface area contributed by atoms with Crippen LogP contribution < -0.4 is 5.32 Å². The van der Waals surface area contributed by atoms with Gasteiger partial charge in [-0.3, -0.25) is 0 Å². The molecule has 0 amide bonds. The van der Waals surface area contributed by atoms with Gasteiger partial charge in [-0.05, 0) is 45.8 Å². The Morgan fingerprint density at radius 1 is 1.00 bits per heavy atom. The molecule has 0 saturated carbocycles. The summed E-state index contributed by atoms with van der Waals surface area (Å²) in [7, 11) is 1.92. The van der Waals surface area contributed by atoms with Crippen molar-refractivity contribution in [1.29, 1.82) is 0 Å². The van der Waals surface area contributed by atoms with Gasteiger partial charge in [0.25, 0.3) is 0 Å². The molecule has 0 atom stereocenters. The van der Waals surface area contributed by atoms with Crippen molar-refractivity contribution in [3.63, 3.8) is 0 Å². The number of halogens is 1. The van der Waals surface area contributed by atoms with Crippen molar-refractivity contribution in [2.75, 3.05) is 12.4 Å². The highest BCUT2D eigenvalue weighted by molar-refractivity contribution is 9.10. The molecule has 1 aromatic heterocycles. The SMILES string of the molecule is CNc1cccc(-c2cc3ccccc3nc2Br)c1. The van der Waals surface area contributed by atoms with E-state index in [2.05, 4.69) is 50.5 Å². The maximum Gasteiger partial charge on any atom is 0.114 e. The average molecular weight is 313 g/mol. The quantitative estimate of drug-likeness (QED) is 0.693. The van der Waals surface area contributed by atoms with E-state index in [1.807, 2.05) is 37.4 Å². The maximum absolute atomic E-state index is 4.60. The molecular formula is C16H13BrN2. The topological polar surface area (TPSA) is 24.9 Å². The number of hydrogen-bond acceptors (Lipinski definition) is 2. The highest BCUT2D eigenvalue weighted by atomic mass is 79.9. The second-order valence-corrected chi connectivity index (χ2v) is 5.10. The van der Waals surface area contributed by atoms with Gasteiger partial charge in [-0.2, -0.15) is 0 Å². The molecule has 0 unspecified atom stereocenters. The van der Waals surface area contributed by atoms with E-state index in [4.69, 9.17) is 0 Å². The second kappa shape index (κ2) is 5.02. The second-order valence-electron chi connectivity index (χ2n) is 4.35. The van der Waals surface area contributed by atoms with Crippen LogP contribution in [0, 0.1) is 0 Å². The van der Waals surface area contributed by atoms with Crippen LogP contribution in [0.5, 0.6) is 0 Å². The molecule has 0 aliphatic heterocycles. The van der Waals surface area contributed by atoms with E-state index < -0.39 is 0 Å². The normalized spacial score (nSPS) is 10.6. The number of hydrogen-bond donors (Lipinski definition) is 1. The molecule has 0 radical (unpaired) electrons. The Labute approximate surface area is 120 Å². The molecule has 19 heavy (non-hydrogen) atoms. The molecule has 0 fully saturated rings. The minimum absolute atomic E-state index is 0.874. The van der Waals surface area contributed by atoms with Gasteiger partial charge in [0.15, 0.2) is 0 Å². The van der Waals surface area contributed by atoms with Crippen molar-refractivity contribution in [2.45, 2.75) is 0 Å². The van der Waals surface area contributed by atoms with E-state index in [9.17, 15) is 0 Å². The molecule has 1 N–H and O–H groups in total. The minimum atomic E-state index is 0.874. The summed E-state index contributed by atoms with van der Waals surface area (Å²) in [6.07, 6.45) is 0. The molecule has 0 spiro atoms. The van der Waals surface area contributed by atoms with Crippen molar-refractivity contribution in [3.05, 3.63) is 59.2 Å². The van der Waals surface area contributed by atoms with Crippen LogP contribution in [0.3, 0.4) is 0 Å². The number of aromatic nitrogens is 1. The largest absolute Gasteiger partial charge is 0.388 e. The zero-order valence-corrected chi connectivity index (χ0v) is 12.1. The first-order valence-corrected chi connectivity index (χ1v) is 6.91. The minimum Gasteiger partial charge on any atom is -0.388 e. The summed E-state index contributed by atoms with van der Waals surface area (Å²) in [5, 5.41) is 4.31. The van der Waals surface area contributed by atoms with Crippen LogP contribution in [0.1, 0.15) is 0 Å². The average Bonchev–Trinajstić information content (AvgIpc) is 2.46. The van der Waals surface area contributed by atoms with Gasteiger partial charge >= 0.3 is 0 Å². The smallest absolute Gasteiger partial charge is 0.114 e. The van der Waals surface area contributed by atoms with Gasteiger partial charge in [-0.1, -0.05) is 30.3 Å². The number of nitrogens with zero attached hydrogens (tertiary/aromatic N) is 1. The molecule has 2 aromatic carbocycles. The fourth-order valence-corrected chi connectivity index (χ4v) is 2.67. The van der Waals surface area contributed by atoms with Crippen molar-refractivity contribution >= 4 is 32.5 Å².